The third-order valence-electron chi connectivity index (χ3n) is 7.79. The summed E-state index contributed by atoms with van der Waals surface area (Å²) >= 11 is 0. The van der Waals surface area contributed by atoms with Gasteiger partial charge in [-0.15, -0.1) is 0 Å². The number of carbonyl (C=O) groups excluding carboxylic acids is 2. The molecule has 0 bridgehead atoms. The predicted molar refractivity (Wildman–Crippen MR) is 154 cm³/mol. The van der Waals surface area contributed by atoms with Crippen molar-refractivity contribution < 1.29 is 24.2 Å². The number of ether oxygens (including phenoxy) is 2. The van der Waals surface area contributed by atoms with Crippen LogP contribution < -0.4 is 15.4 Å². The topological polar surface area (TPSA) is 103 Å². The first-order valence-corrected chi connectivity index (χ1v) is 14.7. The lowest BCUT2D eigenvalue weighted by Crippen LogP contribution is -2.47. The van der Waals surface area contributed by atoms with Crippen molar-refractivity contribution in [1.82, 2.24) is 15.1 Å². The van der Waals surface area contributed by atoms with Crippen molar-refractivity contribution in [2.45, 2.75) is 96.4 Å². The second kappa shape index (κ2) is 15.4. The van der Waals surface area contributed by atoms with Crippen molar-refractivity contribution in [3.63, 3.8) is 0 Å². The minimum atomic E-state index is -0.399. The first-order valence-electron chi connectivity index (χ1n) is 14.7. The van der Waals surface area contributed by atoms with Crippen LogP contribution in [0.2, 0.25) is 0 Å². The summed E-state index contributed by atoms with van der Waals surface area (Å²) in [6.07, 6.45) is 8.06. The van der Waals surface area contributed by atoms with E-state index in [2.05, 4.69) is 22.5 Å². The maximum atomic E-state index is 14.1. The zero-order valence-corrected chi connectivity index (χ0v) is 24.6. The zero-order valence-electron chi connectivity index (χ0n) is 24.6. The lowest BCUT2D eigenvalue weighted by Gasteiger charge is -2.35. The fourth-order valence-corrected chi connectivity index (χ4v) is 5.42. The summed E-state index contributed by atoms with van der Waals surface area (Å²) in [5, 5.41) is 16.1. The van der Waals surface area contributed by atoms with Crippen molar-refractivity contribution in [3.8, 4) is 5.75 Å². The summed E-state index contributed by atoms with van der Waals surface area (Å²) in [7, 11) is 4.05. The first kappa shape index (κ1) is 31.2. The van der Waals surface area contributed by atoms with Crippen LogP contribution in [0, 0.1) is 5.92 Å². The van der Waals surface area contributed by atoms with Crippen LogP contribution in [-0.4, -0.2) is 91.5 Å². The van der Waals surface area contributed by atoms with Crippen molar-refractivity contribution in [2.24, 2.45) is 5.92 Å². The Hall–Kier alpha value is -2.36. The Kier molecular flexibility index (Phi) is 12.3. The van der Waals surface area contributed by atoms with Gasteiger partial charge in [0.25, 0.3) is 5.91 Å². The van der Waals surface area contributed by atoms with E-state index in [4.69, 9.17) is 9.47 Å². The molecule has 9 heteroatoms. The minimum absolute atomic E-state index is 0.0409. The molecule has 0 aromatic heterocycles. The number of nitrogens with zero attached hydrogens (tertiary/aromatic N) is 2. The number of likely N-dealkylation sites (N-methyl/N-ethyl adjacent to an activating group) is 1. The van der Waals surface area contributed by atoms with Gasteiger partial charge >= 0.3 is 6.03 Å². The van der Waals surface area contributed by atoms with Crippen LogP contribution in [0.25, 0.3) is 0 Å². The highest BCUT2D eigenvalue weighted by Crippen LogP contribution is 2.28. The molecule has 0 unspecified atom stereocenters. The maximum Gasteiger partial charge on any atom is 0.319 e. The monoisotopic (exact) mass is 546 g/mol. The normalized spacial score (nSPS) is 24.8. The maximum absolute atomic E-state index is 14.1. The van der Waals surface area contributed by atoms with Gasteiger partial charge in [-0.2, -0.15) is 0 Å². The molecule has 1 aromatic carbocycles. The minimum Gasteiger partial charge on any atom is -0.490 e. The van der Waals surface area contributed by atoms with Gasteiger partial charge in [-0.1, -0.05) is 26.2 Å². The zero-order chi connectivity index (χ0) is 28.4. The molecule has 1 aliphatic heterocycles. The molecule has 0 radical (unpaired) electrons. The molecule has 1 aliphatic carbocycles. The standard InChI is InChI=1S/C30H50N4O5/c1-21-18-34(22(2)20-35)29(36)26-17-25(32-30(37)31-24-12-7-6-8-13-24)14-15-27(26)39-23(3)11-9-10-16-38-28(21)19-33(4)5/h14-15,17,21-24,28,35H,6-13,16,18-20H2,1-5H3,(H2,31,32,37)/t21-,22+,23-,28+/m0/s1. The van der Waals surface area contributed by atoms with Gasteiger partial charge in [0.2, 0.25) is 0 Å². The molecule has 2 aliphatic rings. The summed E-state index contributed by atoms with van der Waals surface area (Å²) in [5.74, 6) is 0.299. The van der Waals surface area contributed by atoms with E-state index in [-0.39, 0.29) is 42.7 Å². The van der Waals surface area contributed by atoms with Crippen LogP contribution in [0.1, 0.15) is 82.5 Å². The Morgan fingerprint density at radius 2 is 1.85 bits per heavy atom. The summed E-state index contributed by atoms with van der Waals surface area (Å²) in [6.45, 7) is 7.62. The Labute approximate surface area is 234 Å². The largest absolute Gasteiger partial charge is 0.490 e. The Morgan fingerprint density at radius 1 is 1.13 bits per heavy atom. The lowest BCUT2D eigenvalue weighted by atomic mass is 9.96. The van der Waals surface area contributed by atoms with E-state index in [1.54, 1.807) is 23.1 Å². The van der Waals surface area contributed by atoms with Crippen LogP contribution in [0.3, 0.4) is 0 Å². The molecule has 39 heavy (non-hydrogen) atoms. The van der Waals surface area contributed by atoms with E-state index >= 15 is 0 Å². The van der Waals surface area contributed by atoms with Crippen molar-refractivity contribution >= 4 is 17.6 Å². The Morgan fingerprint density at radius 3 is 2.54 bits per heavy atom. The molecular weight excluding hydrogens is 496 g/mol. The highest BCUT2D eigenvalue weighted by Gasteiger charge is 2.30. The molecule has 1 fully saturated rings. The van der Waals surface area contributed by atoms with E-state index in [9.17, 15) is 14.7 Å². The van der Waals surface area contributed by atoms with E-state index in [0.717, 1.165) is 51.5 Å². The predicted octanol–water partition coefficient (Wildman–Crippen LogP) is 4.50. The second-order valence-corrected chi connectivity index (χ2v) is 11.7. The van der Waals surface area contributed by atoms with Crippen LogP contribution in [0.15, 0.2) is 18.2 Å². The number of amides is 3. The molecule has 3 amide bonds. The molecule has 9 nitrogen and oxygen atoms in total. The van der Waals surface area contributed by atoms with E-state index in [1.807, 2.05) is 27.9 Å². The van der Waals surface area contributed by atoms with Crippen molar-refractivity contribution in [1.29, 1.82) is 0 Å². The number of rotatable bonds is 6. The SMILES string of the molecule is C[C@H](CO)N1C[C@H](C)[C@@H](CN(C)C)OCCCC[C@H](C)Oc2ccc(NC(=O)NC3CCCCC3)cc2C1=O. The first-order chi connectivity index (χ1) is 18.7. The van der Waals surface area contributed by atoms with Crippen molar-refractivity contribution in [2.75, 3.05) is 45.7 Å². The van der Waals surface area contributed by atoms with Gasteiger partial charge in [-0.25, -0.2) is 4.79 Å². The van der Waals surface area contributed by atoms with Crippen LogP contribution in [0.5, 0.6) is 5.75 Å². The summed E-state index contributed by atoms with van der Waals surface area (Å²) < 4.78 is 12.6. The summed E-state index contributed by atoms with van der Waals surface area (Å²) in [4.78, 5) is 30.7. The highest BCUT2D eigenvalue weighted by molar-refractivity contribution is 5.99. The van der Waals surface area contributed by atoms with Crippen molar-refractivity contribution in [3.05, 3.63) is 23.8 Å². The van der Waals surface area contributed by atoms with E-state index in [1.165, 1.54) is 6.42 Å². The fourth-order valence-electron chi connectivity index (χ4n) is 5.42. The Balaban J connectivity index is 1.90. The smallest absolute Gasteiger partial charge is 0.319 e. The lowest BCUT2D eigenvalue weighted by molar-refractivity contribution is -0.0137. The molecule has 1 heterocycles. The number of anilines is 1. The van der Waals surface area contributed by atoms with Gasteiger partial charge in [-0.05, 0) is 78.2 Å². The molecular formula is C30H50N4O5. The van der Waals surface area contributed by atoms with Gasteiger partial charge in [0.05, 0.1) is 30.4 Å². The number of urea groups is 1. The molecule has 1 aromatic rings. The van der Waals surface area contributed by atoms with Crippen LogP contribution in [-0.2, 0) is 4.74 Å². The average Bonchev–Trinajstić information content (AvgIpc) is 2.90. The average molecular weight is 547 g/mol. The van der Waals surface area contributed by atoms with E-state index in [0.29, 0.717) is 30.2 Å². The molecule has 1 saturated carbocycles. The third-order valence-corrected chi connectivity index (χ3v) is 7.79. The number of benzene rings is 1. The van der Waals surface area contributed by atoms with E-state index < -0.39 is 6.04 Å². The molecule has 0 saturated heterocycles. The fraction of sp³-hybridized carbons (Fsp3) is 0.733. The molecule has 0 spiro atoms. The number of hydrogen-bond donors (Lipinski definition) is 3. The number of carbonyl (C=O) groups is 2. The summed E-state index contributed by atoms with van der Waals surface area (Å²) in [5.41, 5.74) is 0.915. The van der Waals surface area contributed by atoms with Gasteiger partial charge < -0.3 is 35.0 Å². The molecule has 4 atom stereocenters. The number of hydrogen-bond acceptors (Lipinski definition) is 6. The second-order valence-electron chi connectivity index (χ2n) is 11.7. The molecule has 3 rings (SSSR count). The quantitative estimate of drug-likeness (QED) is 0.486. The van der Waals surface area contributed by atoms with Crippen LogP contribution >= 0.6 is 0 Å². The number of nitrogens with one attached hydrogen (secondary N) is 2. The summed E-state index contributed by atoms with van der Waals surface area (Å²) in [6, 6.07) is 4.78. The Bertz CT molecular complexity index is 921. The van der Waals surface area contributed by atoms with Gasteiger partial charge in [-0.3, -0.25) is 4.79 Å². The van der Waals surface area contributed by atoms with Gasteiger partial charge in [0.15, 0.2) is 0 Å². The highest BCUT2D eigenvalue weighted by atomic mass is 16.5. The molecule has 3 N–H and O–H groups in total. The van der Waals surface area contributed by atoms with Crippen LogP contribution in [0.4, 0.5) is 10.5 Å². The number of aliphatic hydroxyl groups excluding tert-OH is 1. The van der Waals surface area contributed by atoms with Gasteiger partial charge in [0.1, 0.15) is 5.75 Å². The molecule has 220 valence electrons. The third kappa shape index (κ3) is 9.65. The van der Waals surface area contributed by atoms with Gasteiger partial charge in [0, 0.05) is 37.3 Å². The number of aliphatic hydroxyl groups is 1. The number of fused-ring (bicyclic) bond motifs is 1.